The molecule has 17 heavy (non-hydrogen) atoms. The van der Waals surface area contributed by atoms with Gasteiger partial charge in [0.05, 0.1) is 0 Å². The van der Waals surface area contributed by atoms with Crippen molar-refractivity contribution in [2.75, 3.05) is 12.4 Å². The van der Waals surface area contributed by atoms with E-state index in [4.69, 9.17) is 0 Å². The minimum absolute atomic E-state index is 0.724. The fourth-order valence-corrected chi connectivity index (χ4v) is 3.71. The summed E-state index contributed by atoms with van der Waals surface area (Å²) in [7, 11) is 1.86. The number of aryl methyl sites for hydroxylation is 1. The third-order valence-corrected chi connectivity index (χ3v) is 4.71. The van der Waals surface area contributed by atoms with Gasteiger partial charge in [-0.05, 0) is 31.2 Å². The molecular formula is C13H21N3S. The van der Waals surface area contributed by atoms with Gasteiger partial charge in [-0.3, -0.25) is 0 Å². The number of rotatable bonds is 3. The van der Waals surface area contributed by atoms with Crippen LogP contribution in [0.1, 0.15) is 38.2 Å². The van der Waals surface area contributed by atoms with Crippen molar-refractivity contribution in [1.82, 2.24) is 9.97 Å². The lowest BCUT2D eigenvalue weighted by Crippen LogP contribution is -2.15. The molecule has 1 fully saturated rings. The largest absolute Gasteiger partial charge is 0.357 e. The van der Waals surface area contributed by atoms with Gasteiger partial charge in [0.15, 0.2) is 0 Å². The first-order chi connectivity index (χ1) is 8.19. The van der Waals surface area contributed by atoms with E-state index in [9.17, 15) is 0 Å². The van der Waals surface area contributed by atoms with Crippen molar-refractivity contribution < 1.29 is 0 Å². The average molecular weight is 251 g/mol. The highest BCUT2D eigenvalue weighted by molar-refractivity contribution is 7.99. The van der Waals surface area contributed by atoms with E-state index in [1.54, 1.807) is 0 Å². The Morgan fingerprint density at radius 1 is 1.41 bits per heavy atom. The molecule has 2 unspecified atom stereocenters. The van der Waals surface area contributed by atoms with Gasteiger partial charge in [-0.1, -0.05) is 19.8 Å². The number of hydrogen-bond donors (Lipinski definition) is 1. The standard InChI is InChI=1S/C13H21N3S/c1-9-5-4-6-11(7-9)17-12-10(2)8-15-13(14-3)16-12/h8-9,11H,4-7H2,1-3H3,(H,14,15,16). The first kappa shape index (κ1) is 12.7. The van der Waals surface area contributed by atoms with E-state index >= 15 is 0 Å². The maximum absolute atomic E-state index is 4.55. The smallest absolute Gasteiger partial charge is 0.223 e. The zero-order valence-corrected chi connectivity index (χ0v) is 11.7. The Labute approximate surface area is 108 Å². The van der Waals surface area contributed by atoms with Gasteiger partial charge in [-0.2, -0.15) is 0 Å². The number of anilines is 1. The predicted molar refractivity (Wildman–Crippen MR) is 73.6 cm³/mol. The summed E-state index contributed by atoms with van der Waals surface area (Å²) >= 11 is 1.93. The molecule has 0 amide bonds. The van der Waals surface area contributed by atoms with E-state index in [2.05, 4.69) is 29.1 Å². The molecule has 94 valence electrons. The summed E-state index contributed by atoms with van der Waals surface area (Å²) in [5.41, 5.74) is 1.19. The van der Waals surface area contributed by atoms with E-state index in [1.165, 1.54) is 31.2 Å². The number of nitrogens with one attached hydrogen (secondary N) is 1. The summed E-state index contributed by atoms with van der Waals surface area (Å²) in [5, 5.41) is 4.88. The van der Waals surface area contributed by atoms with Gasteiger partial charge >= 0.3 is 0 Å². The van der Waals surface area contributed by atoms with E-state index in [-0.39, 0.29) is 0 Å². The lowest BCUT2D eigenvalue weighted by atomic mass is 9.91. The highest BCUT2D eigenvalue weighted by Crippen LogP contribution is 2.36. The molecule has 1 N–H and O–H groups in total. The van der Waals surface area contributed by atoms with Gasteiger partial charge in [0.25, 0.3) is 0 Å². The van der Waals surface area contributed by atoms with Crippen LogP contribution < -0.4 is 5.32 Å². The number of hydrogen-bond acceptors (Lipinski definition) is 4. The fourth-order valence-electron chi connectivity index (χ4n) is 2.31. The van der Waals surface area contributed by atoms with Crippen LogP contribution in [0.5, 0.6) is 0 Å². The third-order valence-electron chi connectivity index (χ3n) is 3.32. The van der Waals surface area contributed by atoms with Crippen molar-refractivity contribution in [3.8, 4) is 0 Å². The zero-order chi connectivity index (χ0) is 12.3. The third kappa shape index (κ3) is 3.35. The van der Waals surface area contributed by atoms with Crippen molar-refractivity contribution >= 4 is 17.7 Å². The lowest BCUT2D eigenvalue weighted by molar-refractivity contribution is 0.394. The van der Waals surface area contributed by atoms with Crippen LogP contribution in [-0.2, 0) is 0 Å². The molecule has 2 atom stereocenters. The van der Waals surface area contributed by atoms with Crippen LogP contribution in [0, 0.1) is 12.8 Å². The normalized spacial score (nSPS) is 24.6. The van der Waals surface area contributed by atoms with Crippen molar-refractivity contribution in [2.24, 2.45) is 5.92 Å². The van der Waals surface area contributed by atoms with Crippen LogP contribution in [0.2, 0.25) is 0 Å². The van der Waals surface area contributed by atoms with Gasteiger partial charge in [-0.25, -0.2) is 9.97 Å². The summed E-state index contributed by atoms with van der Waals surface area (Å²) in [6.45, 7) is 4.45. The van der Waals surface area contributed by atoms with Crippen LogP contribution in [0.25, 0.3) is 0 Å². The summed E-state index contributed by atoms with van der Waals surface area (Å²) in [4.78, 5) is 8.78. The first-order valence-corrected chi connectivity index (χ1v) is 7.25. The fraction of sp³-hybridized carbons (Fsp3) is 0.692. The molecule has 0 aliphatic heterocycles. The maximum atomic E-state index is 4.55. The Balaban J connectivity index is 2.06. The van der Waals surface area contributed by atoms with E-state index in [1.807, 2.05) is 25.0 Å². The lowest BCUT2D eigenvalue weighted by Gasteiger charge is -2.26. The summed E-state index contributed by atoms with van der Waals surface area (Å²) in [6.07, 6.45) is 7.31. The van der Waals surface area contributed by atoms with E-state index < -0.39 is 0 Å². The molecule has 1 saturated carbocycles. The molecule has 0 radical (unpaired) electrons. The Morgan fingerprint density at radius 2 is 2.24 bits per heavy atom. The van der Waals surface area contributed by atoms with Crippen LogP contribution >= 0.6 is 11.8 Å². The quantitative estimate of drug-likeness (QED) is 0.834. The van der Waals surface area contributed by atoms with Crippen molar-refractivity contribution in [1.29, 1.82) is 0 Å². The van der Waals surface area contributed by atoms with Gasteiger partial charge in [-0.15, -0.1) is 11.8 Å². The van der Waals surface area contributed by atoms with Crippen LogP contribution in [-0.4, -0.2) is 22.3 Å². The molecule has 0 spiro atoms. The van der Waals surface area contributed by atoms with Crippen molar-refractivity contribution in [3.63, 3.8) is 0 Å². The predicted octanol–water partition coefficient (Wildman–Crippen LogP) is 3.50. The molecule has 1 aliphatic carbocycles. The van der Waals surface area contributed by atoms with E-state index in [0.717, 1.165) is 22.1 Å². The number of aromatic nitrogens is 2. The summed E-state index contributed by atoms with van der Waals surface area (Å²) in [5.74, 6) is 1.59. The highest BCUT2D eigenvalue weighted by Gasteiger charge is 2.21. The number of thioether (sulfide) groups is 1. The zero-order valence-electron chi connectivity index (χ0n) is 10.9. The molecule has 0 bridgehead atoms. The summed E-state index contributed by atoms with van der Waals surface area (Å²) < 4.78 is 0. The SMILES string of the molecule is CNc1ncc(C)c(SC2CCCC(C)C2)n1. The Hall–Kier alpha value is -0.770. The highest BCUT2D eigenvalue weighted by atomic mass is 32.2. The van der Waals surface area contributed by atoms with Crippen LogP contribution in [0.15, 0.2) is 11.2 Å². The second-order valence-corrected chi connectivity index (χ2v) is 6.23. The first-order valence-electron chi connectivity index (χ1n) is 6.37. The maximum Gasteiger partial charge on any atom is 0.223 e. The van der Waals surface area contributed by atoms with Crippen LogP contribution in [0.4, 0.5) is 5.95 Å². The van der Waals surface area contributed by atoms with Crippen molar-refractivity contribution in [2.45, 2.75) is 49.8 Å². The molecule has 1 aromatic heterocycles. The van der Waals surface area contributed by atoms with Crippen LogP contribution in [0.3, 0.4) is 0 Å². The van der Waals surface area contributed by atoms with Gasteiger partial charge in [0.2, 0.25) is 5.95 Å². The second-order valence-electron chi connectivity index (χ2n) is 4.94. The molecule has 1 aromatic rings. The molecule has 0 aromatic carbocycles. The summed E-state index contributed by atoms with van der Waals surface area (Å²) in [6, 6.07) is 0. The Bertz CT molecular complexity index is 381. The topological polar surface area (TPSA) is 37.8 Å². The number of nitrogens with zero attached hydrogens (tertiary/aromatic N) is 2. The Kier molecular flexibility index (Phi) is 4.26. The van der Waals surface area contributed by atoms with Gasteiger partial charge in [0.1, 0.15) is 5.03 Å². The molecule has 1 aliphatic rings. The second kappa shape index (κ2) is 5.71. The average Bonchev–Trinajstić information content (AvgIpc) is 2.32. The minimum Gasteiger partial charge on any atom is -0.357 e. The molecule has 4 heteroatoms. The molecule has 3 nitrogen and oxygen atoms in total. The Morgan fingerprint density at radius 3 is 2.94 bits per heavy atom. The molecule has 0 saturated heterocycles. The minimum atomic E-state index is 0.724. The monoisotopic (exact) mass is 251 g/mol. The van der Waals surface area contributed by atoms with Crippen molar-refractivity contribution in [3.05, 3.63) is 11.8 Å². The van der Waals surface area contributed by atoms with E-state index in [0.29, 0.717) is 0 Å². The molecule has 2 rings (SSSR count). The molecule has 1 heterocycles. The molecular weight excluding hydrogens is 230 g/mol. The van der Waals surface area contributed by atoms with Gasteiger partial charge in [0, 0.05) is 18.5 Å². The van der Waals surface area contributed by atoms with Gasteiger partial charge < -0.3 is 5.32 Å².